The number of hydrogen-bond acceptors (Lipinski definition) is 3. The van der Waals surface area contributed by atoms with Crippen LogP contribution in [-0.2, 0) is 0 Å². The van der Waals surface area contributed by atoms with Gasteiger partial charge in [0.2, 0.25) is 0 Å². The van der Waals surface area contributed by atoms with Crippen LogP contribution in [0.4, 0.5) is 0 Å². The van der Waals surface area contributed by atoms with E-state index in [4.69, 9.17) is 0 Å². The number of rotatable bonds is 1. The summed E-state index contributed by atoms with van der Waals surface area (Å²) in [4.78, 5) is 0. The number of phenols is 3. The van der Waals surface area contributed by atoms with Gasteiger partial charge in [-0.1, -0.05) is 18.2 Å². The molecule has 0 spiro atoms. The van der Waals surface area contributed by atoms with Crippen LogP contribution in [0, 0.1) is 13.8 Å². The highest BCUT2D eigenvalue weighted by molar-refractivity contribution is 5.80. The molecule has 3 heteroatoms. The third-order valence-corrected chi connectivity index (χ3v) is 3.02. The van der Waals surface area contributed by atoms with Gasteiger partial charge in [-0.25, -0.2) is 0 Å². The fourth-order valence-corrected chi connectivity index (χ4v) is 1.91. The molecule has 0 unspecified atom stereocenters. The van der Waals surface area contributed by atoms with Crippen molar-refractivity contribution in [2.75, 3.05) is 0 Å². The van der Waals surface area contributed by atoms with Crippen molar-refractivity contribution in [2.24, 2.45) is 0 Å². The van der Waals surface area contributed by atoms with Crippen molar-refractivity contribution in [3.05, 3.63) is 41.5 Å². The molecule has 0 aliphatic rings. The maximum atomic E-state index is 9.90. The maximum Gasteiger partial charge on any atom is 0.127 e. The van der Waals surface area contributed by atoms with Gasteiger partial charge in [0.1, 0.15) is 17.2 Å². The van der Waals surface area contributed by atoms with Crippen LogP contribution in [0.3, 0.4) is 0 Å². The Labute approximate surface area is 99.6 Å². The van der Waals surface area contributed by atoms with Crippen molar-refractivity contribution in [1.82, 2.24) is 0 Å². The number of phenolic OH excluding ortho intramolecular Hbond substituents is 3. The third kappa shape index (κ3) is 1.80. The van der Waals surface area contributed by atoms with Gasteiger partial charge >= 0.3 is 0 Å². The Kier molecular flexibility index (Phi) is 2.68. The lowest BCUT2D eigenvalue weighted by molar-refractivity contribution is 0.447. The molecule has 0 heterocycles. The first-order chi connectivity index (χ1) is 8.02. The zero-order chi connectivity index (χ0) is 12.6. The Morgan fingerprint density at radius 3 is 2.06 bits per heavy atom. The minimum absolute atomic E-state index is 0.0351. The first kappa shape index (κ1) is 11.3. The summed E-state index contributed by atoms with van der Waals surface area (Å²) in [5, 5.41) is 29.3. The molecule has 0 aliphatic heterocycles. The van der Waals surface area contributed by atoms with E-state index >= 15 is 0 Å². The normalized spacial score (nSPS) is 10.5. The van der Waals surface area contributed by atoms with E-state index in [1.165, 1.54) is 6.07 Å². The molecule has 0 bridgehead atoms. The molecule has 2 aromatic rings. The SMILES string of the molecule is Cc1c(O)cc(O)c(-c2ccccc2O)c1C. The van der Waals surface area contributed by atoms with Gasteiger partial charge in [0, 0.05) is 17.2 Å². The second-order valence-electron chi connectivity index (χ2n) is 4.06. The van der Waals surface area contributed by atoms with Gasteiger partial charge in [-0.05, 0) is 31.0 Å². The Morgan fingerprint density at radius 1 is 0.765 bits per heavy atom. The highest BCUT2D eigenvalue weighted by Gasteiger charge is 2.15. The van der Waals surface area contributed by atoms with Crippen LogP contribution < -0.4 is 0 Å². The monoisotopic (exact) mass is 230 g/mol. The molecular formula is C14H14O3. The predicted octanol–water partition coefficient (Wildman–Crippen LogP) is 3.09. The standard InChI is InChI=1S/C14H14O3/c1-8-9(2)14(13(17)7-12(8)16)10-5-3-4-6-11(10)15/h3-7,15-17H,1-2H3. The second-order valence-corrected chi connectivity index (χ2v) is 4.06. The van der Waals surface area contributed by atoms with E-state index in [9.17, 15) is 15.3 Å². The summed E-state index contributed by atoms with van der Waals surface area (Å²) in [6, 6.07) is 8.10. The van der Waals surface area contributed by atoms with Crippen molar-refractivity contribution < 1.29 is 15.3 Å². The van der Waals surface area contributed by atoms with Crippen LogP contribution in [0.25, 0.3) is 11.1 Å². The minimum atomic E-state index is -0.0351. The summed E-state index contributed by atoms with van der Waals surface area (Å²) >= 11 is 0. The van der Waals surface area contributed by atoms with Gasteiger partial charge in [-0.15, -0.1) is 0 Å². The molecule has 2 rings (SSSR count). The molecule has 0 fully saturated rings. The van der Waals surface area contributed by atoms with Gasteiger partial charge in [0.25, 0.3) is 0 Å². The number of hydrogen-bond donors (Lipinski definition) is 3. The van der Waals surface area contributed by atoms with E-state index in [0.717, 1.165) is 5.56 Å². The molecule has 17 heavy (non-hydrogen) atoms. The van der Waals surface area contributed by atoms with E-state index in [-0.39, 0.29) is 17.2 Å². The molecule has 0 saturated carbocycles. The van der Waals surface area contributed by atoms with Gasteiger partial charge in [-0.2, -0.15) is 0 Å². The lowest BCUT2D eigenvalue weighted by Gasteiger charge is -2.13. The molecule has 0 aromatic heterocycles. The maximum absolute atomic E-state index is 9.90. The van der Waals surface area contributed by atoms with Crippen LogP contribution >= 0.6 is 0 Å². The Hall–Kier alpha value is -2.16. The summed E-state index contributed by atoms with van der Waals surface area (Å²) < 4.78 is 0. The quantitative estimate of drug-likeness (QED) is 0.705. The summed E-state index contributed by atoms with van der Waals surface area (Å²) in [6.07, 6.45) is 0. The fourth-order valence-electron chi connectivity index (χ4n) is 1.91. The summed E-state index contributed by atoms with van der Waals surface area (Å²) in [5.74, 6) is 0.127. The van der Waals surface area contributed by atoms with E-state index < -0.39 is 0 Å². The van der Waals surface area contributed by atoms with Crippen molar-refractivity contribution in [3.8, 4) is 28.4 Å². The first-order valence-electron chi connectivity index (χ1n) is 5.33. The van der Waals surface area contributed by atoms with Gasteiger partial charge in [0.05, 0.1) is 0 Å². The van der Waals surface area contributed by atoms with Crippen molar-refractivity contribution in [1.29, 1.82) is 0 Å². The molecule has 2 aromatic carbocycles. The van der Waals surface area contributed by atoms with Crippen molar-refractivity contribution in [2.45, 2.75) is 13.8 Å². The summed E-state index contributed by atoms with van der Waals surface area (Å²) in [5.41, 5.74) is 2.56. The Balaban J connectivity index is 2.77. The Bertz CT molecular complexity index is 574. The first-order valence-corrected chi connectivity index (χ1v) is 5.33. The predicted molar refractivity (Wildman–Crippen MR) is 66.3 cm³/mol. The molecule has 88 valence electrons. The number of benzene rings is 2. The smallest absolute Gasteiger partial charge is 0.127 e. The van der Waals surface area contributed by atoms with E-state index in [1.54, 1.807) is 38.1 Å². The topological polar surface area (TPSA) is 60.7 Å². The van der Waals surface area contributed by atoms with Crippen LogP contribution in [0.1, 0.15) is 11.1 Å². The van der Waals surface area contributed by atoms with Crippen LogP contribution in [0.5, 0.6) is 17.2 Å². The lowest BCUT2D eigenvalue weighted by atomic mass is 9.95. The van der Waals surface area contributed by atoms with Gasteiger partial charge < -0.3 is 15.3 Å². The number of para-hydroxylation sites is 1. The highest BCUT2D eigenvalue weighted by Crippen LogP contribution is 2.41. The zero-order valence-electron chi connectivity index (χ0n) is 9.73. The zero-order valence-corrected chi connectivity index (χ0v) is 9.73. The van der Waals surface area contributed by atoms with Crippen molar-refractivity contribution >= 4 is 0 Å². The second kappa shape index (κ2) is 4.01. The van der Waals surface area contributed by atoms with Crippen LogP contribution in [0.2, 0.25) is 0 Å². The van der Waals surface area contributed by atoms with Gasteiger partial charge in [-0.3, -0.25) is 0 Å². The molecule has 0 aliphatic carbocycles. The Morgan fingerprint density at radius 2 is 1.41 bits per heavy atom. The van der Waals surface area contributed by atoms with Crippen molar-refractivity contribution in [3.63, 3.8) is 0 Å². The molecule has 3 nitrogen and oxygen atoms in total. The molecule has 0 radical (unpaired) electrons. The van der Waals surface area contributed by atoms with E-state index in [2.05, 4.69) is 0 Å². The lowest BCUT2D eigenvalue weighted by Crippen LogP contribution is -1.90. The van der Waals surface area contributed by atoms with Crippen LogP contribution in [-0.4, -0.2) is 15.3 Å². The molecule has 0 atom stereocenters. The van der Waals surface area contributed by atoms with E-state index in [0.29, 0.717) is 16.7 Å². The fraction of sp³-hybridized carbons (Fsp3) is 0.143. The third-order valence-electron chi connectivity index (χ3n) is 3.02. The van der Waals surface area contributed by atoms with Crippen LogP contribution in [0.15, 0.2) is 30.3 Å². The van der Waals surface area contributed by atoms with E-state index in [1.807, 2.05) is 0 Å². The largest absolute Gasteiger partial charge is 0.508 e. The molecule has 0 saturated heterocycles. The summed E-state index contributed by atoms with van der Waals surface area (Å²) in [7, 11) is 0. The summed E-state index contributed by atoms with van der Waals surface area (Å²) in [6.45, 7) is 3.57. The highest BCUT2D eigenvalue weighted by atomic mass is 16.3. The number of aromatic hydroxyl groups is 3. The molecular weight excluding hydrogens is 216 g/mol. The molecule has 3 N–H and O–H groups in total. The minimum Gasteiger partial charge on any atom is -0.508 e. The molecule has 0 amide bonds. The van der Waals surface area contributed by atoms with Gasteiger partial charge in [0.15, 0.2) is 0 Å². The average Bonchev–Trinajstić information content (AvgIpc) is 2.29. The average molecular weight is 230 g/mol.